The van der Waals surface area contributed by atoms with E-state index in [0.717, 1.165) is 17.5 Å². The highest BCUT2D eigenvalue weighted by Crippen LogP contribution is 2.46. The van der Waals surface area contributed by atoms with E-state index in [4.69, 9.17) is 4.74 Å². The second-order valence-corrected chi connectivity index (χ2v) is 8.45. The van der Waals surface area contributed by atoms with Gasteiger partial charge in [-0.3, -0.25) is 9.48 Å². The van der Waals surface area contributed by atoms with Crippen molar-refractivity contribution in [2.75, 3.05) is 5.32 Å². The number of nitrogens with one attached hydrogen (secondary N) is 1. The van der Waals surface area contributed by atoms with Crippen LogP contribution in [-0.4, -0.2) is 27.7 Å². The fraction of sp³-hybridized carbons (Fsp3) is 0.231. The lowest BCUT2D eigenvalue weighted by Gasteiger charge is -2.35. The molecule has 1 amide bonds. The molecule has 0 spiro atoms. The topological polar surface area (TPSA) is 65.4 Å². The van der Waals surface area contributed by atoms with Crippen LogP contribution in [0, 0.1) is 0 Å². The number of carbonyl (C=O) groups excluding carboxylic acids is 1. The Kier molecular flexibility index (Phi) is 5.42. The van der Waals surface area contributed by atoms with Crippen LogP contribution in [0.1, 0.15) is 35.5 Å². The molecule has 180 valence electrons. The number of amides is 1. The van der Waals surface area contributed by atoms with Crippen LogP contribution in [0.25, 0.3) is 10.9 Å². The highest BCUT2D eigenvalue weighted by atomic mass is 19.3. The normalized spacial score (nSPS) is 18.4. The number of benzene rings is 3. The Morgan fingerprint density at radius 2 is 1.69 bits per heavy atom. The molecule has 6 nitrogen and oxygen atoms in total. The Morgan fingerprint density at radius 1 is 0.971 bits per heavy atom. The lowest BCUT2D eigenvalue weighted by atomic mass is 10.1. The number of nitrogens with zero attached hydrogens (tertiary/aromatic N) is 2. The van der Waals surface area contributed by atoms with Crippen LogP contribution in [0.15, 0.2) is 66.7 Å². The molecule has 0 aliphatic carbocycles. The zero-order valence-electron chi connectivity index (χ0n) is 19.0. The third kappa shape index (κ3) is 4.18. The van der Waals surface area contributed by atoms with Gasteiger partial charge in [0.05, 0.1) is 12.1 Å². The number of aromatic nitrogens is 2. The van der Waals surface area contributed by atoms with Crippen molar-refractivity contribution in [3.05, 3.63) is 83.6 Å². The molecular weight excluding hydrogens is 459 g/mol. The summed E-state index contributed by atoms with van der Waals surface area (Å²) in [5.41, 5.74) is 3.47. The SMILES string of the molecule is CCc1ccc(Cn2nc(C(=O)Nc3ccc4c(c3)OC(C)(F)C(F)(F)O4)c3ccccc32)cc1. The van der Waals surface area contributed by atoms with Gasteiger partial charge in [-0.05, 0) is 35.7 Å². The number of ether oxygens (including phenoxy) is 2. The van der Waals surface area contributed by atoms with Crippen LogP contribution in [-0.2, 0) is 13.0 Å². The van der Waals surface area contributed by atoms with Gasteiger partial charge in [-0.2, -0.15) is 18.3 Å². The zero-order chi connectivity index (χ0) is 24.8. The van der Waals surface area contributed by atoms with Crippen molar-refractivity contribution in [1.82, 2.24) is 9.78 Å². The molecule has 3 aromatic carbocycles. The molecule has 1 atom stereocenters. The van der Waals surface area contributed by atoms with E-state index < -0.39 is 17.9 Å². The predicted molar refractivity (Wildman–Crippen MR) is 125 cm³/mol. The van der Waals surface area contributed by atoms with E-state index in [-0.39, 0.29) is 22.9 Å². The first-order valence-corrected chi connectivity index (χ1v) is 11.1. The van der Waals surface area contributed by atoms with Gasteiger partial charge < -0.3 is 14.8 Å². The van der Waals surface area contributed by atoms with Gasteiger partial charge >= 0.3 is 12.0 Å². The van der Waals surface area contributed by atoms with Gasteiger partial charge in [0.2, 0.25) is 0 Å². The van der Waals surface area contributed by atoms with Crippen LogP contribution in [0.4, 0.5) is 18.9 Å². The fourth-order valence-electron chi connectivity index (χ4n) is 3.90. The summed E-state index contributed by atoms with van der Waals surface area (Å²) in [6, 6.07) is 19.3. The highest BCUT2D eigenvalue weighted by molar-refractivity contribution is 6.11. The molecule has 0 radical (unpaired) electrons. The van der Waals surface area contributed by atoms with E-state index in [1.54, 1.807) is 10.7 Å². The first-order chi connectivity index (χ1) is 16.7. The molecule has 35 heavy (non-hydrogen) atoms. The van der Waals surface area contributed by atoms with Gasteiger partial charge in [0.15, 0.2) is 17.2 Å². The fourth-order valence-corrected chi connectivity index (χ4v) is 3.90. The van der Waals surface area contributed by atoms with E-state index in [0.29, 0.717) is 18.9 Å². The molecule has 1 aliphatic heterocycles. The van der Waals surface area contributed by atoms with Gasteiger partial charge in [-0.15, -0.1) is 0 Å². The molecule has 2 heterocycles. The van der Waals surface area contributed by atoms with E-state index in [2.05, 4.69) is 34.2 Å². The number of fused-ring (bicyclic) bond motifs is 2. The third-order valence-electron chi connectivity index (χ3n) is 5.90. The van der Waals surface area contributed by atoms with Crippen molar-refractivity contribution in [3.8, 4) is 11.5 Å². The van der Waals surface area contributed by atoms with Gasteiger partial charge in [0.25, 0.3) is 5.91 Å². The summed E-state index contributed by atoms with van der Waals surface area (Å²) in [5.74, 6) is -4.43. The Morgan fingerprint density at radius 3 is 2.43 bits per heavy atom. The van der Waals surface area contributed by atoms with Crippen molar-refractivity contribution in [2.24, 2.45) is 0 Å². The number of halogens is 3. The van der Waals surface area contributed by atoms with E-state index in [1.807, 2.05) is 30.3 Å². The smallest absolute Gasteiger partial charge is 0.445 e. The second kappa shape index (κ2) is 8.33. The van der Waals surface area contributed by atoms with E-state index >= 15 is 0 Å². The first-order valence-electron chi connectivity index (χ1n) is 11.1. The number of para-hydroxylation sites is 1. The Balaban J connectivity index is 1.42. The summed E-state index contributed by atoms with van der Waals surface area (Å²) >= 11 is 0. The lowest BCUT2D eigenvalue weighted by Crippen LogP contribution is -2.53. The number of hydrogen-bond acceptors (Lipinski definition) is 4. The summed E-state index contributed by atoms with van der Waals surface area (Å²) in [6.45, 7) is 3.15. The number of hydrogen-bond donors (Lipinski definition) is 1. The molecule has 1 N–H and O–H groups in total. The van der Waals surface area contributed by atoms with Crippen LogP contribution >= 0.6 is 0 Å². The first kappa shape index (κ1) is 22.8. The highest BCUT2D eigenvalue weighted by Gasteiger charge is 2.60. The number of aryl methyl sites for hydroxylation is 1. The quantitative estimate of drug-likeness (QED) is 0.383. The minimum atomic E-state index is -4.15. The van der Waals surface area contributed by atoms with E-state index in [1.165, 1.54) is 23.8 Å². The number of anilines is 1. The molecule has 5 rings (SSSR count). The second-order valence-electron chi connectivity index (χ2n) is 8.45. The molecule has 0 saturated carbocycles. The van der Waals surface area contributed by atoms with Crippen LogP contribution in [0.3, 0.4) is 0 Å². The van der Waals surface area contributed by atoms with Crippen molar-refractivity contribution in [3.63, 3.8) is 0 Å². The molecule has 4 aromatic rings. The number of carbonyl (C=O) groups is 1. The van der Waals surface area contributed by atoms with Crippen molar-refractivity contribution in [2.45, 2.75) is 38.8 Å². The summed E-state index contributed by atoms with van der Waals surface area (Å²) in [6.07, 6.45) is -3.20. The summed E-state index contributed by atoms with van der Waals surface area (Å²) in [4.78, 5) is 13.1. The Labute approximate surface area is 199 Å². The average molecular weight is 481 g/mol. The van der Waals surface area contributed by atoms with Crippen LogP contribution < -0.4 is 14.8 Å². The van der Waals surface area contributed by atoms with Crippen molar-refractivity contribution < 1.29 is 27.4 Å². The molecule has 1 aromatic heterocycles. The largest absolute Gasteiger partial charge is 0.471 e. The van der Waals surface area contributed by atoms with Gasteiger partial charge in [0, 0.05) is 24.1 Å². The summed E-state index contributed by atoms with van der Waals surface area (Å²) in [7, 11) is 0. The Hall–Kier alpha value is -4.01. The average Bonchev–Trinajstić information content (AvgIpc) is 3.19. The molecule has 0 saturated heterocycles. The zero-order valence-corrected chi connectivity index (χ0v) is 19.0. The standard InChI is InChI=1S/C26H22F3N3O3/c1-3-16-8-10-17(11-9-16)15-32-20-7-5-4-6-19(20)23(31-32)24(33)30-18-12-13-21-22(14-18)34-25(2,27)26(28,29)35-21/h4-14H,3,15H2,1-2H3,(H,30,33). The lowest BCUT2D eigenvalue weighted by molar-refractivity contribution is -0.332. The summed E-state index contributed by atoms with van der Waals surface area (Å²) < 4.78 is 52.7. The van der Waals surface area contributed by atoms with Crippen molar-refractivity contribution in [1.29, 1.82) is 0 Å². The maximum absolute atomic E-state index is 14.2. The molecule has 0 fully saturated rings. The van der Waals surface area contributed by atoms with Crippen LogP contribution in [0.5, 0.6) is 11.5 Å². The van der Waals surface area contributed by atoms with Gasteiger partial charge in [-0.1, -0.05) is 49.4 Å². The minimum absolute atomic E-state index is 0.197. The van der Waals surface area contributed by atoms with E-state index in [9.17, 15) is 18.0 Å². The molecule has 0 bridgehead atoms. The maximum Gasteiger partial charge on any atom is 0.471 e. The minimum Gasteiger partial charge on any atom is -0.445 e. The monoisotopic (exact) mass is 481 g/mol. The number of alkyl halides is 3. The Bertz CT molecular complexity index is 1410. The third-order valence-corrected chi connectivity index (χ3v) is 5.90. The number of rotatable bonds is 5. The maximum atomic E-state index is 14.2. The molecule has 9 heteroatoms. The van der Waals surface area contributed by atoms with Crippen molar-refractivity contribution >= 4 is 22.5 Å². The molecule has 1 unspecified atom stereocenters. The molecule has 1 aliphatic rings. The van der Waals surface area contributed by atoms with Crippen LogP contribution in [0.2, 0.25) is 0 Å². The van der Waals surface area contributed by atoms with Gasteiger partial charge in [-0.25, -0.2) is 0 Å². The van der Waals surface area contributed by atoms with Gasteiger partial charge in [0.1, 0.15) is 0 Å². The molecular formula is C26H22F3N3O3. The predicted octanol–water partition coefficient (Wildman–Crippen LogP) is 5.95. The summed E-state index contributed by atoms with van der Waals surface area (Å²) in [5, 5.41) is 7.88.